The van der Waals surface area contributed by atoms with Gasteiger partial charge < -0.3 is 24.6 Å². The standard InChI is InChI=1S/C30H35FN4O6/c1-20(36)32-18-24-19-35(29(39)41-24)22-8-11-26(25(31)17-22)33-13-15-34(16-14-33)27(37)12-7-21-5-9-23(10-6-21)40-28(38)30(2,3)4/h5-12,17,24H,13-16,18-19H2,1-4H3,(H,32,36)/b12-7+/t24-/m0/s1. The predicted octanol–water partition coefficient (Wildman–Crippen LogP) is 3.60. The summed E-state index contributed by atoms with van der Waals surface area (Å²) in [6.07, 6.45) is 2.10. The first-order chi connectivity index (χ1) is 19.4. The molecule has 2 fully saturated rings. The Labute approximate surface area is 238 Å². The number of ether oxygens (including phenoxy) is 2. The molecule has 1 N–H and O–H groups in total. The second-order valence-corrected chi connectivity index (χ2v) is 11.0. The Morgan fingerprint density at radius 1 is 1.07 bits per heavy atom. The molecule has 2 saturated heterocycles. The van der Waals surface area contributed by atoms with Crippen LogP contribution in [0.2, 0.25) is 0 Å². The van der Waals surface area contributed by atoms with Crippen LogP contribution in [0.25, 0.3) is 6.08 Å². The lowest BCUT2D eigenvalue weighted by Gasteiger charge is -2.36. The second-order valence-electron chi connectivity index (χ2n) is 11.0. The SMILES string of the molecule is CC(=O)NC[C@H]1CN(c2ccc(N3CCN(C(=O)/C=C/c4ccc(OC(=O)C(C)(C)C)cc4)CC3)c(F)c2)C(=O)O1. The summed E-state index contributed by atoms with van der Waals surface area (Å²) in [5.41, 5.74) is 0.957. The maximum Gasteiger partial charge on any atom is 0.414 e. The Balaban J connectivity index is 1.28. The molecule has 2 heterocycles. The van der Waals surface area contributed by atoms with Crippen molar-refractivity contribution in [3.8, 4) is 5.75 Å². The van der Waals surface area contributed by atoms with Gasteiger partial charge in [0.15, 0.2) is 0 Å². The Hall–Kier alpha value is -4.41. The van der Waals surface area contributed by atoms with Crippen LogP contribution in [0.1, 0.15) is 33.3 Å². The van der Waals surface area contributed by atoms with Gasteiger partial charge in [0.1, 0.15) is 17.7 Å². The van der Waals surface area contributed by atoms with Gasteiger partial charge >= 0.3 is 12.1 Å². The van der Waals surface area contributed by atoms with E-state index in [1.165, 1.54) is 24.0 Å². The summed E-state index contributed by atoms with van der Waals surface area (Å²) in [6.45, 7) is 8.89. The molecule has 0 bridgehead atoms. The fourth-order valence-corrected chi connectivity index (χ4v) is 4.36. The van der Waals surface area contributed by atoms with E-state index in [1.54, 1.807) is 68.1 Å². The molecule has 0 spiro atoms. The number of carbonyl (C=O) groups is 4. The molecule has 0 radical (unpaired) electrons. The number of carbonyl (C=O) groups excluding carboxylic acids is 4. The van der Waals surface area contributed by atoms with Crippen LogP contribution in [0.15, 0.2) is 48.5 Å². The first kappa shape index (κ1) is 29.6. The molecule has 0 aromatic heterocycles. The minimum Gasteiger partial charge on any atom is -0.442 e. The van der Waals surface area contributed by atoms with Crippen LogP contribution in [0, 0.1) is 11.2 Å². The molecule has 3 amide bonds. The predicted molar refractivity (Wildman–Crippen MR) is 152 cm³/mol. The summed E-state index contributed by atoms with van der Waals surface area (Å²) < 4.78 is 25.7. The summed E-state index contributed by atoms with van der Waals surface area (Å²) >= 11 is 0. The van der Waals surface area contributed by atoms with Crippen LogP contribution in [0.3, 0.4) is 0 Å². The van der Waals surface area contributed by atoms with Crippen LogP contribution < -0.4 is 19.9 Å². The number of rotatable bonds is 7. The number of nitrogens with one attached hydrogen (secondary N) is 1. The molecule has 2 aliphatic heterocycles. The van der Waals surface area contributed by atoms with E-state index in [1.807, 2.05) is 4.90 Å². The number of hydrogen-bond acceptors (Lipinski definition) is 7. The van der Waals surface area contributed by atoms with E-state index < -0.39 is 23.4 Å². The lowest BCUT2D eigenvalue weighted by atomic mass is 9.97. The van der Waals surface area contributed by atoms with Crippen molar-refractivity contribution in [1.82, 2.24) is 10.2 Å². The summed E-state index contributed by atoms with van der Waals surface area (Å²) in [5, 5.41) is 2.61. The van der Waals surface area contributed by atoms with Gasteiger partial charge in [-0.3, -0.25) is 19.3 Å². The number of anilines is 2. The fourth-order valence-electron chi connectivity index (χ4n) is 4.36. The molecule has 0 aliphatic carbocycles. The molecule has 11 heteroatoms. The van der Waals surface area contributed by atoms with Crippen LogP contribution in [-0.2, 0) is 19.1 Å². The van der Waals surface area contributed by atoms with E-state index in [9.17, 15) is 19.2 Å². The summed E-state index contributed by atoms with van der Waals surface area (Å²) in [6, 6.07) is 11.5. The number of benzene rings is 2. The van der Waals surface area contributed by atoms with E-state index in [4.69, 9.17) is 9.47 Å². The van der Waals surface area contributed by atoms with Crippen molar-refractivity contribution in [2.45, 2.75) is 33.8 Å². The third kappa shape index (κ3) is 7.62. The highest BCUT2D eigenvalue weighted by Gasteiger charge is 2.33. The van der Waals surface area contributed by atoms with Crippen molar-refractivity contribution in [2.24, 2.45) is 5.41 Å². The molecule has 10 nitrogen and oxygen atoms in total. The highest BCUT2D eigenvalue weighted by atomic mass is 19.1. The molecule has 218 valence electrons. The highest BCUT2D eigenvalue weighted by molar-refractivity contribution is 5.92. The number of hydrogen-bond donors (Lipinski definition) is 1. The second kappa shape index (κ2) is 12.4. The molecule has 41 heavy (non-hydrogen) atoms. The largest absolute Gasteiger partial charge is 0.442 e. The average molecular weight is 567 g/mol. The molecule has 1 atom stereocenters. The van der Waals surface area contributed by atoms with Gasteiger partial charge in [0.2, 0.25) is 11.8 Å². The van der Waals surface area contributed by atoms with Crippen molar-refractivity contribution in [3.63, 3.8) is 0 Å². The van der Waals surface area contributed by atoms with Crippen LogP contribution in [0.5, 0.6) is 5.75 Å². The quantitative estimate of drug-likeness (QED) is 0.310. The zero-order chi connectivity index (χ0) is 29.7. The Morgan fingerprint density at radius 2 is 1.76 bits per heavy atom. The number of piperazine rings is 1. The smallest absolute Gasteiger partial charge is 0.414 e. The van der Waals surface area contributed by atoms with Crippen molar-refractivity contribution in [3.05, 3.63) is 59.9 Å². The monoisotopic (exact) mass is 566 g/mol. The number of cyclic esters (lactones) is 1. The number of nitrogens with zero attached hydrogens (tertiary/aromatic N) is 3. The first-order valence-corrected chi connectivity index (χ1v) is 13.5. The Kier molecular flexibility index (Phi) is 8.95. The van der Waals surface area contributed by atoms with Crippen LogP contribution >= 0.6 is 0 Å². The van der Waals surface area contributed by atoms with E-state index in [2.05, 4.69) is 5.32 Å². The van der Waals surface area contributed by atoms with Crippen LogP contribution in [0.4, 0.5) is 20.6 Å². The van der Waals surface area contributed by atoms with Gasteiger partial charge in [0, 0.05) is 39.2 Å². The Morgan fingerprint density at radius 3 is 2.37 bits per heavy atom. The number of amides is 3. The molecule has 0 saturated carbocycles. The third-order valence-corrected chi connectivity index (χ3v) is 6.75. The van der Waals surface area contributed by atoms with Gasteiger partial charge in [-0.05, 0) is 62.7 Å². The molecule has 2 aromatic rings. The van der Waals surface area contributed by atoms with Crippen LogP contribution in [-0.4, -0.2) is 74.1 Å². The van der Waals surface area contributed by atoms with E-state index >= 15 is 4.39 Å². The number of halogens is 1. The minimum absolute atomic E-state index is 0.148. The summed E-state index contributed by atoms with van der Waals surface area (Å²) in [4.78, 5) is 53.1. The van der Waals surface area contributed by atoms with Gasteiger partial charge in [0.25, 0.3) is 0 Å². The molecule has 2 aromatic carbocycles. The average Bonchev–Trinajstić information content (AvgIpc) is 3.31. The van der Waals surface area contributed by atoms with E-state index in [-0.39, 0.29) is 30.9 Å². The van der Waals surface area contributed by atoms with E-state index in [0.29, 0.717) is 43.3 Å². The molecule has 4 rings (SSSR count). The van der Waals surface area contributed by atoms with Crippen molar-refractivity contribution in [1.29, 1.82) is 0 Å². The van der Waals surface area contributed by atoms with Gasteiger partial charge in [-0.1, -0.05) is 12.1 Å². The molecule has 0 unspecified atom stereocenters. The summed E-state index contributed by atoms with van der Waals surface area (Å²) in [5.74, 6) is -0.728. The van der Waals surface area contributed by atoms with Gasteiger partial charge in [0.05, 0.1) is 29.9 Å². The van der Waals surface area contributed by atoms with Gasteiger partial charge in [-0.25, -0.2) is 9.18 Å². The normalized spacial score (nSPS) is 17.5. The minimum atomic E-state index is -0.603. The van der Waals surface area contributed by atoms with Crippen molar-refractivity contribution in [2.75, 3.05) is 49.1 Å². The molecule has 2 aliphatic rings. The van der Waals surface area contributed by atoms with Crippen molar-refractivity contribution < 1.29 is 33.0 Å². The maximum atomic E-state index is 15.1. The van der Waals surface area contributed by atoms with Gasteiger partial charge in [-0.2, -0.15) is 0 Å². The molecular weight excluding hydrogens is 531 g/mol. The third-order valence-electron chi connectivity index (χ3n) is 6.75. The van der Waals surface area contributed by atoms with Gasteiger partial charge in [-0.15, -0.1) is 0 Å². The Bertz CT molecular complexity index is 1330. The molecular formula is C30H35FN4O6. The fraction of sp³-hybridized carbons (Fsp3) is 0.400. The lowest BCUT2D eigenvalue weighted by Crippen LogP contribution is -2.48. The first-order valence-electron chi connectivity index (χ1n) is 13.5. The number of esters is 1. The topological polar surface area (TPSA) is 108 Å². The maximum absolute atomic E-state index is 15.1. The zero-order valence-corrected chi connectivity index (χ0v) is 23.7. The summed E-state index contributed by atoms with van der Waals surface area (Å²) in [7, 11) is 0. The lowest BCUT2D eigenvalue weighted by molar-refractivity contribution is -0.143. The highest BCUT2D eigenvalue weighted by Crippen LogP contribution is 2.28. The zero-order valence-electron chi connectivity index (χ0n) is 23.7. The van der Waals surface area contributed by atoms with Crippen molar-refractivity contribution >= 4 is 41.3 Å². The van der Waals surface area contributed by atoms with E-state index in [0.717, 1.165) is 5.56 Å².